The van der Waals surface area contributed by atoms with Crippen LogP contribution in [0.1, 0.15) is 11.5 Å². The number of para-hydroxylation sites is 2. The molecule has 2 unspecified atom stereocenters. The maximum absolute atomic E-state index is 6.24. The first-order valence-corrected chi connectivity index (χ1v) is 19.5. The lowest BCUT2D eigenvalue weighted by molar-refractivity contribution is 0.620. The molecule has 0 amide bonds. The van der Waals surface area contributed by atoms with Crippen LogP contribution in [0.3, 0.4) is 0 Å². The van der Waals surface area contributed by atoms with Crippen molar-refractivity contribution in [2.24, 2.45) is 0 Å². The topological polar surface area (TPSA) is 32.5 Å². The molecule has 1 aliphatic heterocycles. The maximum Gasteiger partial charge on any atom is 0.227 e. The summed E-state index contributed by atoms with van der Waals surface area (Å²) < 4.78 is 6.24. The van der Waals surface area contributed by atoms with Crippen LogP contribution in [-0.4, -0.2) is 11.0 Å². The van der Waals surface area contributed by atoms with Gasteiger partial charge in [0.2, 0.25) is 5.89 Å². The molecule has 0 saturated heterocycles. The van der Waals surface area contributed by atoms with Gasteiger partial charge in [-0.1, -0.05) is 146 Å². The molecule has 0 bridgehead atoms. The van der Waals surface area contributed by atoms with Gasteiger partial charge in [0.15, 0.2) is 5.58 Å². The van der Waals surface area contributed by atoms with Crippen molar-refractivity contribution in [3.8, 4) is 33.7 Å². The van der Waals surface area contributed by atoms with E-state index in [0.29, 0.717) is 5.89 Å². The molecule has 4 nitrogen and oxygen atoms in total. The minimum absolute atomic E-state index is 0.220. The van der Waals surface area contributed by atoms with Crippen LogP contribution < -0.4 is 9.80 Å². The van der Waals surface area contributed by atoms with Crippen LogP contribution >= 0.6 is 0 Å². The lowest BCUT2D eigenvalue weighted by Crippen LogP contribution is -2.28. The molecule has 9 aromatic rings. The van der Waals surface area contributed by atoms with Gasteiger partial charge in [0.05, 0.1) is 11.7 Å². The molecule has 2 aliphatic rings. The fourth-order valence-corrected chi connectivity index (χ4v) is 8.71. The van der Waals surface area contributed by atoms with E-state index in [1.54, 1.807) is 0 Å². The summed E-state index contributed by atoms with van der Waals surface area (Å²) in [5.41, 5.74) is 14.3. The van der Waals surface area contributed by atoms with E-state index in [2.05, 4.69) is 186 Å². The molecule has 0 fully saturated rings. The Balaban J connectivity index is 1.03. The van der Waals surface area contributed by atoms with Crippen molar-refractivity contribution in [3.63, 3.8) is 0 Å². The van der Waals surface area contributed by atoms with Gasteiger partial charge >= 0.3 is 0 Å². The zero-order valence-electron chi connectivity index (χ0n) is 31.1. The number of rotatable bonds is 7. The highest BCUT2D eigenvalue weighted by molar-refractivity contribution is 6.05. The molecule has 1 aliphatic carbocycles. The van der Waals surface area contributed by atoms with Crippen LogP contribution in [0.2, 0.25) is 0 Å². The molecule has 0 N–H and O–H groups in total. The Hall–Kier alpha value is -7.43. The number of benzene rings is 8. The Labute approximate surface area is 331 Å². The van der Waals surface area contributed by atoms with Crippen molar-refractivity contribution in [1.29, 1.82) is 0 Å². The first-order valence-electron chi connectivity index (χ1n) is 19.5. The highest BCUT2D eigenvalue weighted by Crippen LogP contribution is 2.51. The van der Waals surface area contributed by atoms with Crippen molar-refractivity contribution >= 4 is 50.3 Å². The van der Waals surface area contributed by atoms with E-state index in [0.717, 1.165) is 55.6 Å². The molecule has 8 aromatic carbocycles. The van der Waals surface area contributed by atoms with Crippen molar-refractivity contribution in [2.75, 3.05) is 9.80 Å². The predicted octanol–water partition coefficient (Wildman–Crippen LogP) is 14.2. The normalized spacial score (nSPS) is 15.5. The monoisotopic (exact) mass is 731 g/mol. The van der Waals surface area contributed by atoms with Gasteiger partial charge in [-0.15, -0.1) is 0 Å². The largest absolute Gasteiger partial charge is 0.436 e. The summed E-state index contributed by atoms with van der Waals surface area (Å²) >= 11 is 0. The maximum atomic E-state index is 6.24. The molecule has 270 valence electrons. The minimum atomic E-state index is 0.220. The number of fused-ring (bicyclic) bond motifs is 6. The van der Waals surface area contributed by atoms with Gasteiger partial charge < -0.3 is 14.2 Å². The van der Waals surface area contributed by atoms with Gasteiger partial charge in [0.1, 0.15) is 5.52 Å². The summed E-state index contributed by atoms with van der Waals surface area (Å²) in [6.45, 7) is 0. The Morgan fingerprint density at radius 2 is 1.19 bits per heavy atom. The second-order valence-corrected chi connectivity index (χ2v) is 14.7. The quantitative estimate of drug-likeness (QED) is 0.163. The average Bonchev–Trinajstić information content (AvgIpc) is 3.88. The van der Waals surface area contributed by atoms with E-state index in [1.165, 1.54) is 28.1 Å². The number of hydrogen-bond donors (Lipinski definition) is 0. The SMILES string of the molecule is C1=CC2c3ccc(N(c4ccc(-c5ccc6ccc7oc(-c8ccccc8)nc7c6c5)cc4)c4ccccc4-c4ccccc4)cc3N(c3ccccc3)C2C=C1. The minimum Gasteiger partial charge on any atom is -0.436 e. The third-order valence-corrected chi connectivity index (χ3v) is 11.4. The van der Waals surface area contributed by atoms with Crippen LogP contribution in [0.4, 0.5) is 28.4 Å². The highest BCUT2D eigenvalue weighted by atomic mass is 16.3. The number of nitrogens with zero attached hydrogens (tertiary/aromatic N) is 3. The highest BCUT2D eigenvalue weighted by Gasteiger charge is 2.38. The average molecular weight is 732 g/mol. The summed E-state index contributed by atoms with van der Waals surface area (Å²) in [6.07, 6.45) is 9.04. The van der Waals surface area contributed by atoms with E-state index in [-0.39, 0.29) is 12.0 Å². The summed E-state index contributed by atoms with van der Waals surface area (Å²) in [5.74, 6) is 0.919. The second-order valence-electron chi connectivity index (χ2n) is 14.7. The summed E-state index contributed by atoms with van der Waals surface area (Å²) in [4.78, 5) is 9.88. The molecule has 57 heavy (non-hydrogen) atoms. The lowest BCUT2D eigenvalue weighted by Gasteiger charge is -2.30. The first kappa shape index (κ1) is 33.0. The van der Waals surface area contributed by atoms with Gasteiger partial charge in [-0.25, -0.2) is 4.98 Å². The van der Waals surface area contributed by atoms with Gasteiger partial charge in [0.25, 0.3) is 0 Å². The van der Waals surface area contributed by atoms with E-state index in [9.17, 15) is 0 Å². The zero-order chi connectivity index (χ0) is 37.7. The van der Waals surface area contributed by atoms with Gasteiger partial charge in [-0.3, -0.25) is 0 Å². The Bertz CT molecular complexity index is 2970. The van der Waals surface area contributed by atoms with Crippen molar-refractivity contribution in [3.05, 3.63) is 218 Å². The molecule has 1 aromatic heterocycles. The standard InChI is InChI=1S/C53H37N3O/c1-4-14-37(15-5-1)44-20-10-12-22-48(44)55(43-31-32-46-45-21-11-13-23-49(45)56(50(46)35-43)41-18-8-3-9-19-41)42-29-26-36(27-30-42)40-25-24-38-28-33-51-52(47(38)34-40)54-53(57-51)39-16-6-2-7-17-39/h1-35,45,49H. The fraction of sp³-hybridized carbons (Fsp3) is 0.0377. The zero-order valence-corrected chi connectivity index (χ0v) is 31.1. The number of anilines is 5. The van der Waals surface area contributed by atoms with E-state index in [4.69, 9.17) is 9.40 Å². The molecule has 11 rings (SSSR count). The molecule has 0 spiro atoms. The smallest absolute Gasteiger partial charge is 0.227 e. The molecule has 0 saturated carbocycles. The van der Waals surface area contributed by atoms with Crippen molar-refractivity contribution in [2.45, 2.75) is 12.0 Å². The first-order chi connectivity index (χ1) is 28.3. The van der Waals surface area contributed by atoms with E-state index >= 15 is 0 Å². The van der Waals surface area contributed by atoms with Crippen LogP contribution in [0, 0.1) is 0 Å². The van der Waals surface area contributed by atoms with Gasteiger partial charge in [0, 0.05) is 45.2 Å². The fourth-order valence-electron chi connectivity index (χ4n) is 8.71. The Morgan fingerprint density at radius 1 is 0.526 bits per heavy atom. The number of oxazole rings is 1. The Kier molecular flexibility index (Phi) is 7.92. The molecular weight excluding hydrogens is 695 g/mol. The van der Waals surface area contributed by atoms with Crippen molar-refractivity contribution in [1.82, 2.24) is 4.98 Å². The predicted molar refractivity (Wildman–Crippen MR) is 236 cm³/mol. The summed E-state index contributed by atoms with van der Waals surface area (Å²) in [7, 11) is 0. The summed E-state index contributed by atoms with van der Waals surface area (Å²) in [5, 5.41) is 2.20. The second kappa shape index (κ2) is 13.7. The van der Waals surface area contributed by atoms with E-state index < -0.39 is 0 Å². The molecular formula is C53H37N3O. The lowest BCUT2D eigenvalue weighted by atomic mass is 9.91. The van der Waals surface area contributed by atoms with Crippen LogP contribution in [0.15, 0.2) is 217 Å². The molecule has 4 heteroatoms. The number of aromatic nitrogens is 1. The molecule has 2 atom stereocenters. The number of allylic oxidation sites excluding steroid dienone is 2. The molecule has 0 radical (unpaired) electrons. The van der Waals surface area contributed by atoms with Crippen LogP contribution in [0.5, 0.6) is 0 Å². The van der Waals surface area contributed by atoms with Crippen LogP contribution in [0.25, 0.3) is 55.6 Å². The third kappa shape index (κ3) is 5.73. The van der Waals surface area contributed by atoms with Crippen molar-refractivity contribution < 1.29 is 4.42 Å². The number of hydrogen-bond acceptors (Lipinski definition) is 4. The van der Waals surface area contributed by atoms with Gasteiger partial charge in [-0.2, -0.15) is 0 Å². The summed E-state index contributed by atoms with van der Waals surface area (Å²) in [6, 6.07) is 67.3. The molecule has 2 heterocycles. The Morgan fingerprint density at radius 3 is 2.00 bits per heavy atom. The van der Waals surface area contributed by atoms with Crippen LogP contribution in [-0.2, 0) is 0 Å². The van der Waals surface area contributed by atoms with Gasteiger partial charge in [-0.05, 0) is 94.4 Å². The van der Waals surface area contributed by atoms with E-state index in [1.807, 2.05) is 36.4 Å². The third-order valence-electron chi connectivity index (χ3n) is 11.4.